The van der Waals surface area contributed by atoms with Crippen LogP contribution < -0.4 is 10.6 Å². The van der Waals surface area contributed by atoms with Gasteiger partial charge in [-0.2, -0.15) is 0 Å². The molecule has 3 rings (SSSR count). The number of thioether (sulfide) groups is 1. The molecule has 0 bridgehead atoms. The van der Waals surface area contributed by atoms with Gasteiger partial charge in [0, 0.05) is 17.1 Å². The molecule has 1 aliphatic carbocycles. The van der Waals surface area contributed by atoms with Gasteiger partial charge in [0.25, 0.3) is 5.91 Å². The van der Waals surface area contributed by atoms with E-state index in [1.807, 2.05) is 0 Å². The fourth-order valence-electron chi connectivity index (χ4n) is 3.13. The summed E-state index contributed by atoms with van der Waals surface area (Å²) in [6.45, 7) is 5.15. The van der Waals surface area contributed by atoms with Gasteiger partial charge in [0.15, 0.2) is 0 Å². The van der Waals surface area contributed by atoms with Crippen LogP contribution in [0.2, 0.25) is 0 Å². The number of nitrogens with one attached hydrogen (secondary N) is 2. The maximum Gasteiger partial charge on any atom is 0.412 e. The van der Waals surface area contributed by atoms with E-state index in [2.05, 4.69) is 15.6 Å². The highest BCUT2D eigenvalue weighted by molar-refractivity contribution is 7.99. The van der Waals surface area contributed by atoms with Gasteiger partial charge < -0.3 is 10.1 Å². The van der Waals surface area contributed by atoms with Crippen molar-refractivity contribution in [2.75, 3.05) is 10.6 Å². The van der Waals surface area contributed by atoms with Crippen LogP contribution in [0.3, 0.4) is 0 Å². The topological polar surface area (TPSA) is 80.3 Å². The van der Waals surface area contributed by atoms with Gasteiger partial charge in [0.1, 0.15) is 16.4 Å². The number of hydrogen-bond acceptors (Lipinski definition) is 5. The van der Waals surface area contributed by atoms with E-state index in [1.54, 1.807) is 50.9 Å². The molecule has 1 aromatic carbocycles. The molecule has 1 aliphatic rings. The van der Waals surface area contributed by atoms with Crippen molar-refractivity contribution in [1.29, 1.82) is 0 Å². The Hall–Kier alpha value is -2.61. The van der Waals surface area contributed by atoms with Crippen molar-refractivity contribution in [2.45, 2.75) is 62.3 Å². The molecule has 30 heavy (non-hydrogen) atoms. The standard InChI is InChI=1S/C22H26FN3O3S/c1-22(2,3)29-21(28)26-18-13-14(10-11-17(18)23)25-19(27)16-9-6-12-24-20(16)30-15-7-4-5-8-15/h6,9-13,15H,4-5,7-8H2,1-3H3,(H,25,27)(H,26,28). The molecular formula is C22H26FN3O3S. The number of halogens is 1. The Balaban J connectivity index is 1.72. The zero-order valence-electron chi connectivity index (χ0n) is 17.3. The van der Waals surface area contributed by atoms with Crippen LogP contribution in [-0.2, 0) is 4.74 Å². The first-order valence-corrected chi connectivity index (χ1v) is 10.8. The average Bonchev–Trinajstić information content (AvgIpc) is 3.16. The molecule has 0 atom stereocenters. The van der Waals surface area contributed by atoms with Crippen molar-refractivity contribution >= 4 is 35.1 Å². The Morgan fingerprint density at radius 3 is 2.60 bits per heavy atom. The van der Waals surface area contributed by atoms with Gasteiger partial charge in [-0.3, -0.25) is 10.1 Å². The number of amides is 2. The van der Waals surface area contributed by atoms with Gasteiger partial charge in [-0.05, 0) is 63.9 Å². The summed E-state index contributed by atoms with van der Waals surface area (Å²) in [5.41, 5.74) is 0.0439. The molecule has 1 heterocycles. The minimum absolute atomic E-state index is 0.0752. The summed E-state index contributed by atoms with van der Waals surface area (Å²) in [5.74, 6) is -0.962. The van der Waals surface area contributed by atoms with Gasteiger partial charge >= 0.3 is 6.09 Å². The molecule has 2 amide bonds. The van der Waals surface area contributed by atoms with E-state index in [0.29, 0.717) is 21.5 Å². The van der Waals surface area contributed by atoms with Crippen molar-refractivity contribution in [1.82, 2.24) is 4.98 Å². The van der Waals surface area contributed by atoms with E-state index in [4.69, 9.17) is 4.74 Å². The number of pyridine rings is 1. The fourth-order valence-corrected chi connectivity index (χ4v) is 4.43. The molecule has 8 heteroatoms. The van der Waals surface area contributed by atoms with Crippen molar-refractivity contribution in [3.05, 3.63) is 47.9 Å². The lowest BCUT2D eigenvalue weighted by Gasteiger charge is -2.20. The normalized spacial score (nSPS) is 14.4. The highest BCUT2D eigenvalue weighted by Gasteiger charge is 2.21. The molecule has 0 aliphatic heterocycles. The van der Waals surface area contributed by atoms with Crippen molar-refractivity contribution in [3.63, 3.8) is 0 Å². The number of anilines is 2. The fraction of sp³-hybridized carbons (Fsp3) is 0.409. The van der Waals surface area contributed by atoms with Crippen molar-refractivity contribution in [3.8, 4) is 0 Å². The summed E-state index contributed by atoms with van der Waals surface area (Å²) >= 11 is 1.63. The maximum absolute atomic E-state index is 14.1. The molecule has 2 N–H and O–H groups in total. The average molecular weight is 432 g/mol. The Bertz CT molecular complexity index is 924. The van der Waals surface area contributed by atoms with Gasteiger partial charge in [-0.15, -0.1) is 11.8 Å². The summed E-state index contributed by atoms with van der Waals surface area (Å²) < 4.78 is 19.3. The zero-order valence-corrected chi connectivity index (χ0v) is 18.1. The smallest absolute Gasteiger partial charge is 0.412 e. The van der Waals surface area contributed by atoms with Crippen LogP contribution in [0.4, 0.5) is 20.6 Å². The molecular weight excluding hydrogens is 405 g/mol. The molecule has 0 saturated heterocycles. The number of rotatable bonds is 5. The lowest BCUT2D eigenvalue weighted by Crippen LogP contribution is -2.27. The largest absolute Gasteiger partial charge is 0.444 e. The highest BCUT2D eigenvalue weighted by Crippen LogP contribution is 2.35. The summed E-state index contributed by atoms with van der Waals surface area (Å²) in [6.07, 6.45) is 5.56. The lowest BCUT2D eigenvalue weighted by atomic mass is 10.2. The van der Waals surface area contributed by atoms with Crippen LogP contribution in [0.5, 0.6) is 0 Å². The first-order valence-electron chi connectivity index (χ1n) is 9.94. The van der Waals surface area contributed by atoms with Crippen LogP contribution in [0.1, 0.15) is 56.8 Å². The quantitative estimate of drug-likeness (QED) is 0.620. The third-order valence-corrected chi connectivity index (χ3v) is 5.81. The summed E-state index contributed by atoms with van der Waals surface area (Å²) in [7, 11) is 0. The van der Waals surface area contributed by atoms with E-state index < -0.39 is 17.5 Å². The third-order valence-electron chi connectivity index (χ3n) is 4.46. The second kappa shape index (κ2) is 9.47. The number of aromatic nitrogens is 1. The van der Waals surface area contributed by atoms with Gasteiger partial charge in [0.2, 0.25) is 0 Å². The molecule has 0 unspecified atom stereocenters. The molecule has 0 spiro atoms. The first kappa shape index (κ1) is 22.1. The van der Waals surface area contributed by atoms with Crippen LogP contribution >= 0.6 is 11.8 Å². The van der Waals surface area contributed by atoms with E-state index in [9.17, 15) is 14.0 Å². The Kier molecular flexibility index (Phi) is 6.97. The number of nitrogens with zero attached hydrogens (tertiary/aromatic N) is 1. The maximum atomic E-state index is 14.1. The lowest BCUT2D eigenvalue weighted by molar-refractivity contribution is 0.0635. The second-order valence-corrected chi connectivity index (χ2v) is 9.45. The Morgan fingerprint density at radius 1 is 1.17 bits per heavy atom. The number of hydrogen-bond donors (Lipinski definition) is 2. The van der Waals surface area contributed by atoms with E-state index in [0.717, 1.165) is 12.8 Å². The van der Waals surface area contributed by atoms with Crippen LogP contribution in [0.15, 0.2) is 41.6 Å². The Morgan fingerprint density at radius 2 is 1.90 bits per heavy atom. The summed E-state index contributed by atoms with van der Waals surface area (Å²) in [4.78, 5) is 29.2. The highest BCUT2D eigenvalue weighted by atomic mass is 32.2. The SMILES string of the molecule is CC(C)(C)OC(=O)Nc1cc(NC(=O)c2cccnc2SC2CCCC2)ccc1F. The Labute approximate surface area is 180 Å². The molecule has 1 saturated carbocycles. The second-order valence-electron chi connectivity index (χ2n) is 8.16. The summed E-state index contributed by atoms with van der Waals surface area (Å²) in [5, 5.41) is 6.30. The van der Waals surface area contributed by atoms with Gasteiger partial charge in [-0.25, -0.2) is 14.2 Å². The van der Waals surface area contributed by atoms with Crippen molar-refractivity contribution < 1.29 is 18.7 Å². The number of ether oxygens (including phenoxy) is 1. The first-order chi connectivity index (χ1) is 14.2. The molecule has 6 nitrogen and oxygen atoms in total. The molecule has 160 valence electrons. The van der Waals surface area contributed by atoms with E-state index in [1.165, 1.54) is 31.0 Å². The molecule has 0 radical (unpaired) electrons. The minimum atomic E-state index is -0.771. The van der Waals surface area contributed by atoms with Crippen molar-refractivity contribution in [2.24, 2.45) is 0 Å². The van der Waals surface area contributed by atoms with Gasteiger partial charge in [0.05, 0.1) is 11.3 Å². The number of carbonyl (C=O) groups excluding carboxylic acids is 2. The molecule has 2 aromatic rings. The summed E-state index contributed by atoms with van der Waals surface area (Å²) in [6, 6.07) is 7.42. The predicted molar refractivity (Wildman–Crippen MR) is 117 cm³/mol. The van der Waals surface area contributed by atoms with E-state index >= 15 is 0 Å². The molecule has 1 fully saturated rings. The number of benzene rings is 1. The predicted octanol–water partition coefficient (Wildman–Crippen LogP) is 5.85. The van der Waals surface area contributed by atoms with E-state index in [-0.39, 0.29) is 11.6 Å². The minimum Gasteiger partial charge on any atom is -0.444 e. The van der Waals surface area contributed by atoms with Crippen LogP contribution in [0.25, 0.3) is 0 Å². The molecule has 1 aromatic heterocycles. The van der Waals surface area contributed by atoms with Crippen LogP contribution in [-0.4, -0.2) is 27.8 Å². The monoisotopic (exact) mass is 431 g/mol. The number of carbonyl (C=O) groups is 2. The van der Waals surface area contributed by atoms with Gasteiger partial charge in [-0.1, -0.05) is 12.8 Å². The third kappa shape index (κ3) is 6.19. The van der Waals surface area contributed by atoms with Crippen LogP contribution in [0, 0.1) is 5.82 Å². The zero-order chi connectivity index (χ0) is 21.7.